The van der Waals surface area contributed by atoms with Gasteiger partial charge in [0, 0.05) is 18.7 Å². The van der Waals surface area contributed by atoms with Crippen molar-refractivity contribution in [2.75, 3.05) is 27.9 Å². The van der Waals surface area contributed by atoms with Crippen LogP contribution in [0.15, 0.2) is 35.3 Å². The van der Waals surface area contributed by atoms with Crippen LogP contribution in [0.4, 0.5) is 0 Å². The number of halogens is 1. The molecule has 6 nitrogen and oxygen atoms in total. The Kier molecular flexibility index (Phi) is 6.39. The lowest BCUT2D eigenvalue weighted by Crippen LogP contribution is -2.20. The highest BCUT2D eigenvalue weighted by molar-refractivity contribution is 7.16. The van der Waals surface area contributed by atoms with Crippen molar-refractivity contribution in [1.82, 2.24) is 4.57 Å². The van der Waals surface area contributed by atoms with Crippen LogP contribution in [0.1, 0.15) is 15.9 Å². The molecule has 0 bridgehead atoms. The number of methoxy groups -OCH3 is 3. The van der Waals surface area contributed by atoms with Gasteiger partial charge in [-0.2, -0.15) is 4.99 Å². The summed E-state index contributed by atoms with van der Waals surface area (Å²) >= 11 is 7.62. The second-order valence-corrected chi connectivity index (χ2v) is 7.50. The number of hydrogen-bond donors (Lipinski definition) is 0. The number of aryl methyl sites for hydroxylation is 1. The Hall–Kier alpha value is -2.35. The maximum Gasteiger partial charge on any atom is 0.283 e. The van der Waals surface area contributed by atoms with Crippen LogP contribution in [0, 0.1) is 6.92 Å². The van der Waals surface area contributed by atoms with E-state index in [1.807, 2.05) is 23.6 Å². The summed E-state index contributed by atoms with van der Waals surface area (Å²) in [5, 5.41) is 0.650. The van der Waals surface area contributed by atoms with Crippen LogP contribution in [-0.2, 0) is 11.3 Å². The third-order valence-electron chi connectivity index (χ3n) is 4.28. The third-order valence-corrected chi connectivity index (χ3v) is 5.53. The van der Waals surface area contributed by atoms with E-state index in [-0.39, 0.29) is 0 Å². The number of rotatable bonds is 6. The molecule has 0 fully saturated rings. The number of nitrogens with zero attached hydrogens (tertiary/aromatic N) is 2. The fraction of sp³-hybridized carbons (Fsp3) is 0.300. The van der Waals surface area contributed by atoms with Crippen LogP contribution >= 0.6 is 22.9 Å². The Morgan fingerprint density at radius 3 is 2.68 bits per heavy atom. The molecule has 0 atom stereocenters. The van der Waals surface area contributed by atoms with Crippen molar-refractivity contribution in [3.63, 3.8) is 0 Å². The number of aromatic nitrogens is 1. The third kappa shape index (κ3) is 3.92. The van der Waals surface area contributed by atoms with Crippen molar-refractivity contribution >= 4 is 39.1 Å². The Bertz CT molecular complexity index is 1090. The van der Waals surface area contributed by atoms with Crippen molar-refractivity contribution in [3.8, 4) is 11.5 Å². The number of ether oxygens (including phenoxy) is 3. The van der Waals surface area contributed by atoms with Gasteiger partial charge in [-0.1, -0.05) is 29.0 Å². The molecule has 0 N–H and O–H groups in total. The first-order valence-corrected chi connectivity index (χ1v) is 9.78. The van der Waals surface area contributed by atoms with E-state index in [2.05, 4.69) is 4.99 Å². The number of carbonyl (C=O) groups is 1. The van der Waals surface area contributed by atoms with E-state index >= 15 is 0 Å². The SMILES string of the molecule is COCCn1c(=NC(=O)c2cccc(OC)c2OC)sc2cc(Cl)cc(C)c21. The number of fused-ring (bicyclic) bond motifs is 1. The van der Waals surface area contributed by atoms with E-state index in [0.29, 0.717) is 40.0 Å². The predicted molar refractivity (Wildman–Crippen MR) is 111 cm³/mol. The number of para-hydroxylation sites is 1. The first kappa shape index (κ1) is 20.4. The maximum atomic E-state index is 13.0. The highest BCUT2D eigenvalue weighted by Crippen LogP contribution is 2.31. The molecule has 0 aliphatic rings. The first-order valence-electron chi connectivity index (χ1n) is 8.58. The van der Waals surface area contributed by atoms with Crippen LogP contribution in [0.25, 0.3) is 10.2 Å². The average Bonchev–Trinajstić information content (AvgIpc) is 3.02. The largest absolute Gasteiger partial charge is 0.493 e. The molecule has 0 unspecified atom stereocenters. The molecule has 0 saturated carbocycles. The van der Waals surface area contributed by atoms with Crippen molar-refractivity contribution in [1.29, 1.82) is 0 Å². The van der Waals surface area contributed by atoms with Gasteiger partial charge in [0.15, 0.2) is 16.3 Å². The monoisotopic (exact) mass is 420 g/mol. The molecule has 1 heterocycles. The topological polar surface area (TPSA) is 62.1 Å². The van der Waals surface area contributed by atoms with Gasteiger partial charge in [0.25, 0.3) is 5.91 Å². The predicted octanol–water partition coefficient (Wildman–Crippen LogP) is 4.07. The van der Waals surface area contributed by atoms with Gasteiger partial charge in [-0.3, -0.25) is 4.79 Å². The van der Waals surface area contributed by atoms with Gasteiger partial charge < -0.3 is 18.8 Å². The van der Waals surface area contributed by atoms with E-state index in [4.69, 9.17) is 25.8 Å². The number of hydrogen-bond acceptors (Lipinski definition) is 5. The van der Waals surface area contributed by atoms with E-state index in [0.717, 1.165) is 15.8 Å². The number of carbonyl (C=O) groups excluding carboxylic acids is 1. The molecule has 0 aliphatic heterocycles. The van der Waals surface area contributed by atoms with E-state index in [1.165, 1.54) is 25.6 Å². The molecule has 0 radical (unpaired) electrons. The maximum absolute atomic E-state index is 13.0. The molecule has 2 aromatic carbocycles. The summed E-state index contributed by atoms with van der Waals surface area (Å²) < 4.78 is 18.8. The number of benzene rings is 2. The van der Waals surface area contributed by atoms with Crippen LogP contribution < -0.4 is 14.3 Å². The van der Waals surface area contributed by atoms with Crippen LogP contribution in [0.5, 0.6) is 11.5 Å². The molecule has 28 heavy (non-hydrogen) atoms. The lowest BCUT2D eigenvalue weighted by Gasteiger charge is -2.10. The van der Waals surface area contributed by atoms with Gasteiger partial charge >= 0.3 is 0 Å². The number of amides is 1. The zero-order chi connectivity index (χ0) is 20.3. The fourth-order valence-corrected chi connectivity index (χ4v) is 4.56. The van der Waals surface area contributed by atoms with Gasteiger partial charge in [0.1, 0.15) is 0 Å². The Morgan fingerprint density at radius 1 is 1.21 bits per heavy atom. The molecular formula is C20H21ClN2O4S. The highest BCUT2D eigenvalue weighted by atomic mass is 35.5. The first-order chi connectivity index (χ1) is 13.5. The summed E-state index contributed by atoms with van der Waals surface area (Å²) in [6, 6.07) is 8.92. The van der Waals surface area contributed by atoms with Crippen molar-refractivity contribution in [3.05, 3.63) is 51.3 Å². The molecule has 1 aromatic heterocycles. The summed E-state index contributed by atoms with van der Waals surface area (Å²) in [5.74, 6) is 0.439. The summed E-state index contributed by atoms with van der Waals surface area (Å²) in [4.78, 5) is 17.9. The fourth-order valence-electron chi connectivity index (χ4n) is 3.05. The molecule has 3 rings (SSSR count). The average molecular weight is 421 g/mol. The van der Waals surface area contributed by atoms with Gasteiger partial charge in [-0.15, -0.1) is 0 Å². The Morgan fingerprint density at radius 2 is 2.00 bits per heavy atom. The van der Waals surface area contributed by atoms with Gasteiger partial charge in [-0.05, 0) is 36.8 Å². The second-order valence-electron chi connectivity index (χ2n) is 6.06. The van der Waals surface area contributed by atoms with Crippen LogP contribution in [0.2, 0.25) is 5.02 Å². The van der Waals surface area contributed by atoms with Gasteiger partial charge in [0.05, 0.1) is 36.6 Å². The summed E-state index contributed by atoms with van der Waals surface area (Å²) in [6.45, 7) is 3.05. The van der Waals surface area contributed by atoms with Crippen molar-refractivity contribution in [2.24, 2.45) is 4.99 Å². The summed E-state index contributed by atoms with van der Waals surface area (Å²) in [5.41, 5.74) is 2.35. The lowest BCUT2D eigenvalue weighted by atomic mass is 10.2. The number of thiazole rings is 1. The molecule has 0 aliphatic carbocycles. The normalized spacial score (nSPS) is 11.8. The highest BCUT2D eigenvalue weighted by Gasteiger charge is 2.17. The molecule has 3 aromatic rings. The minimum atomic E-state index is -0.405. The molecular weight excluding hydrogens is 400 g/mol. The molecule has 0 saturated heterocycles. The molecule has 8 heteroatoms. The minimum Gasteiger partial charge on any atom is -0.493 e. The second kappa shape index (κ2) is 8.77. The van der Waals surface area contributed by atoms with E-state index in [1.54, 1.807) is 25.3 Å². The van der Waals surface area contributed by atoms with E-state index in [9.17, 15) is 4.79 Å². The quantitative estimate of drug-likeness (QED) is 0.603. The zero-order valence-corrected chi connectivity index (χ0v) is 17.7. The Labute approximate surface area is 171 Å². The molecule has 1 amide bonds. The summed E-state index contributed by atoms with van der Waals surface area (Å²) in [6.07, 6.45) is 0. The van der Waals surface area contributed by atoms with Crippen LogP contribution in [-0.4, -0.2) is 38.4 Å². The summed E-state index contributed by atoms with van der Waals surface area (Å²) in [7, 11) is 4.67. The molecule has 0 spiro atoms. The minimum absolute atomic E-state index is 0.340. The van der Waals surface area contributed by atoms with Crippen molar-refractivity contribution in [2.45, 2.75) is 13.5 Å². The van der Waals surface area contributed by atoms with Gasteiger partial charge in [0.2, 0.25) is 0 Å². The standard InChI is InChI=1S/C20H21ClN2O4S/c1-12-10-13(21)11-16-17(12)23(8-9-25-2)20(28-16)22-19(24)14-6-5-7-15(26-3)18(14)27-4/h5-7,10-11H,8-9H2,1-4H3. The smallest absolute Gasteiger partial charge is 0.283 e. The molecule has 148 valence electrons. The van der Waals surface area contributed by atoms with Crippen molar-refractivity contribution < 1.29 is 19.0 Å². The Balaban J connectivity index is 2.19. The van der Waals surface area contributed by atoms with Gasteiger partial charge in [-0.25, -0.2) is 0 Å². The van der Waals surface area contributed by atoms with E-state index < -0.39 is 5.91 Å². The van der Waals surface area contributed by atoms with Crippen LogP contribution in [0.3, 0.4) is 0 Å². The zero-order valence-electron chi connectivity index (χ0n) is 16.1. The lowest BCUT2D eigenvalue weighted by molar-refractivity contribution is 0.0993.